The molecule has 3 aliphatic rings. The Balaban J connectivity index is 2.14. The first-order chi connectivity index (χ1) is 15.5. The van der Waals surface area contributed by atoms with Gasteiger partial charge in [-0.15, -0.1) is 18.3 Å². The van der Waals surface area contributed by atoms with Crippen molar-refractivity contribution in [3.63, 3.8) is 0 Å². The number of nitrogens with zero attached hydrogens (tertiary/aromatic N) is 2. The third kappa shape index (κ3) is 3.93. The lowest BCUT2D eigenvalue weighted by molar-refractivity contribution is -0.154. The van der Waals surface area contributed by atoms with Gasteiger partial charge in [-0.3, -0.25) is 14.4 Å². The molecule has 33 heavy (non-hydrogen) atoms. The maximum absolute atomic E-state index is 14.3. The number of thioether (sulfide) groups is 1. The molecular weight excluding hydrogens is 440 g/mol. The Morgan fingerprint density at radius 2 is 2.03 bits per heavy atom. The molecule has 3 fully saturated rings. The number of hydrogen-bond acceptors (Lipinski definition) is 6. The summed E-state index contributed by atoms with van der Waals surface area (Å²) in [5.74, 6) is -1.95. The topological polar surface area (TPSA) is 87.2 Å². The lowest BCUT2D eigenvalue weighted by atomic mass is 9.66. The van der Waals surface area contributed by atoms with Crippen LogP contribution in [0.5, 0.6) is 0 Å². The SMILES string of the molecule is C=CCOC(=O)[C@@H]1[C@@H]2CC(C)C3(S2)C(C(=O)N(CC=C)C(C)(C)C)N([C@@H](CC)CO)C(=O)[C@H]13. The molecule has 8 heteroatoms. The van der Waals surface area contributed by atoms with Crippen LogP contribution in [-0.2, 0) is 19.1 Å². The number of aliphatic hydroxyl groups excluding tert-OH is 1. The number of esters is 1. The van der Waals surface area contributed by atoms with E-state index in [4.69, 9.17) is 4.74 Å². The molecule has 1 spiro atoms. The van der Waals surface area contributed by atoms with Crippen molar-refractivity contribution < 1.29 is 24.2 Å². The zero-order chi connectivity index (χ0) is 24.7. The van der Waals surface area contributed by atoms with E-state index in [-0.39, 0.29) is 36.2 Å². The molecule has 3 saturated heterocycles. The zero-order valence-corrected chi connectivity index (χ0v) is 21.3. The van der Waals surface area contributed by atoms with E-state index in [1.807, 2.05) is 27.7 Å². The van der Waals surface area contributed by atoms with Gasteiger partial charge in [-0.2, -0.15) is 0 Å². The fourth-order valence-corrected chi connectivity index (χ4v) is 8.41. The normalized spacial score (nSPS) is 33.6. The minimum atomic E-state index is -0.756. The molecule has 3 aliphatic heterocycles. The van der Waals surface area contributed by atoms with E-state index in [1.54, 1.807) is 27.6 Å². The average Bonchev–Trinajstić information content (AvgIpc) is 3.34. The van der Waals surface area contributed by atoms with Crippen LogP contribution in [0.15, 0.2) is 25.3 Å². The van der Waals surface area contributed by atoms with E-state index in [1.165, 1.54) is 6.08 Å². The molecule has 184 valence electrons. The molecule has 0 aromatic rings. The van der Waals surface area contributed by atoms with Crippen molar-refractivity contribution in [1.82, 2.24) is 9.80 Å². The molecular formula is C25H38N2O5S. The average molecular weight is 479 g/mol. The molecule has 0 radical (unpaired) electrons. The summed E-state index contributed by atoms with van der Waals surface area (Å²) in [4.78, 5) is 44.7. The quantitative estimate of drug-likeness (QED) is 0.405. The third-order valence-electron chi connectivity index (χ3n) is 7.50. The van der Waals surface area contributed by atoms with Gasteiger partial charge >= 0.3 is 5.97 Å². The van der Waals surface area contributed by atoms with Gasteiger partial charge < -0.3 is 19.6 Å². The molecule has 3 heterocycles. The maximum atomic E-state index is 14.3. The highest BCUT2D eigenvalue weighted by Gasteiger charge is 2.77. The van der Waals surface area contributed by atoms with Crippen LogP contribution in [0, 0.1) is 17.8 Å². The lowest BCUT2D eigenvalue weighted by Gasteiger charge is -2.45. The molecule has 7 nitrogen and oxygen atoms in total. The highest BCUT2D eigenvalue weighted by Crippen LogP contribution is 2.69. The molecule has 0 aromatic heterocycles. The standard InChI is InChI=1S/C25H38N2O5S/c1-8-11-26(24(5,6)7)22(30)20-25-15(4)13-17(33-25)18(23(31)32-12-9-2)19(25)21(29)27(20)16(10-3)14-28/h8-9,15-20,28H,1-2,10-14H2,3-7H3/t15?,16-,17-,18+,19-,20?,25?/m0/s1. The summed E-state index contributed by atoms with van der Waals surface area (Å²) in [6, 6.07) is -1.25. The van der Waals surface area contributed by atoms with E-state index in [2.05, 4.69) is 20.1 Å². The molecule has 1 N–H and O–H groups in total. The van der Waals surface area contributed by atoms with Crippen LogP contribution >= 0.6 is 11.8 Å². The van der Waals surface area contributed by atoms with Crippen molar-refractivity contribution in [2.75, 3.05) is 19.8 Å². The predicted octanol–water partition coefficient (Wildman–Crippen LogP) is 2.64. The van der Waals surface area contributed by atoms with Crippen LogP contribution in [0.4, 0.5) is 0 Å². The van der Waals surface area contributed by atoms with Crippen LogP contribution < -0.4 is 0 Å². The first kappa shape index (κ1) is 25.8. The second-order valence-electron chi connectivity index (χ2n) is 10.4. The Labute approximate surface area is 201 Å². The van der Waals surface area contributed by atoms with Gasteiger partial charge in [0, 0.05) is 17.3 Å². The molecule has 2 bridgehead atoms. The van der Waals surface area contributed by atoms with Crippen LogP contribution in [0.1, 0.15) is 47.5 Å². The van der Waals surface area contributed by atoms with Crippen molar-refractivity contribution in [2.45, 2.75) is 75.1 Å². The summed E-state index contributed by atoms with van der Waals surface area (Å²) in [5, 5.41) is 10.1. The number of amides is 2. The fraction of sp³-hybridized carbons (Fsp3) is 0.720. The molecule has 2 amide bonds. The zero-order valence-electron chi connectivity index (χ0n) is 20.5. The van der Waals surface area contributed by atoms with Gasteiger partial charge in [0.15, 0.2) is 0 Å². The largest absolute Gasteiger partial charge is 0.461 e. The number of carbonyl (C=O) groups excluding carboxylic acids is 3. The van der Waals surface area contributed by atoms with Crippen LogP contribution in [0.3, 0.4) is 0 Å². The summed E-state index contributed by atoms with van der Waals surface area (Å²) in [6.45, 7) is 17.5. The van der Waals surface area contributed by atoms with Crippen molar-refractivity contribution in [2.24, 2.45) is 17.8 Å². The van der Waals surface area contributed by atoms with Crippen molar-refractivity contribution >= 4 is 29.5 Å². The Kier molecular flexibility index (Phi) is 7.39. The van der Waals surface area contributed by atoms with Crippen LogP contribution in [0.2, 0.25) is 0 Å². The summed E-state index contributed by atoms with van der Waals surface area (Å²) < 4.78 is 4.67. The molecule has 0 aliphatic carbocycles. The summed E-state index contributed by atoms with van der Waals surface area (Å²) in [5.41, 5.74) is -0.484. The second-order valence-corrected chi connectivity index (χ2v) is 11.9. The number of carbonyl (C=O) groups is 3. The Hall–Kier alpha value is -1.80. The molecule has 3 unspecified atom stereocenters. The van der Waals surface area contributed by atoms with Gasteiger partial charge in [0.2, 0.25) is 11.8 Å². The predicted molar refractivity (Wildman–Crippen MR) is 129 cm³/mol. The van der Waals surface area contributed by atoms with E-state index >= 15 is 0 Å². The Morgan fingerprint density at radius 3 is 2.55 bits per heavy atom. The van der Waals surface area contributed by atoms with Crippen molar-refractivity contribution in [3.8, 4) is 0 Å². The van der Waals surface area contributed by atoms with Gasteiger partial charge in [-0.05, 0) is 39.5 Å². The van der Waals surface area contributed by atoms with Crippen LogP contribution in [0.25, 0.3) is 0 Å². The second kappa shape index (κ2) is 9.45. The number of ether oxygens (including phenoxy) is 1. The highest BCUT2D eigenvalue weighted by molar-refractivity contribution is 8.02. The fourth-order valence-electron chi connectivity index (χ4n) is 6.02. The van der Waals surface area contributed by atoms with Crippen molar-refractivity contribution in [3.05, 3.63) is 25.3 Å². The molecule has 3 rings (SSSR count). The monoisotopic (exact) mass is 478 g/mol. The number of likely N-dealkylation sites (tertiary alicyclic amines) is 1. The summed E-state index contributed by atoms with van der Waals surface area (Å²) in [7, 11) is 0. The van der Waals surface area contributed by atoms with Gasteiger partial charge in [0.25, 0.3) is 0 Å². The van der Waals surface area contributed by atoms with E-state index in [9.17, 15) is 19.5 Å². The van der Waals surface area contributed by atoms with E-state index in [0.29, 0.717) is 13.0 Å². The smallest absolute Gasteiger partial charge is 0.311 e. The van der Waals surface area contributed by atoms with Crippen LogP contribution in [-0.4, -0.2) is 80.1 Å². The minimum absolute atomic E-state index is 0.0607. The Morgan fingerprint density at radius 1 is 1.36 bits per heavy atom. The summed E-state index contributed by atoms with van der Waals surface area (Å²) >= 11 is 1.61. The number of aliphatic hydroxyl groups is 1. The number of rotatable bonds is 9. The molecule has 0 saturated carbocycles. The first-order valence-electron chi connectivity index (χ1n) is 11.8. The molecule has 7 atom stereocenters. The van der Waals surface area contributed by atoms with Gasteiger partial charge in [-0.25, -0.2) is 0 Å². The van der Waals surface area contributed by atoms with Crippen molar-refractivity contribution in [1.29, 1.82) is 0 Å². The number of hydrogen-bond donors (Lipinski definition) is 1. The van der Waals surface area contributed by atoms with Gasteiger partial charge in [0.05, 0.1) is 29.2 Å². The number of fused-ring (bicyclic) bond motifs is 1. The van der Waals surface area contributed by atoms with Gasteiger partial charge in [0.1, 0.15) is 12.6 Å². The first-order valence-corrected chi connectivity index (χ1v) is 12.7. The molecule has 0 aromatic carbocycles. The minimum Gasteiger partial charge on any atom is -0.461 e. The maximum Gasteiger partial charge on any atom is 0.311 e. The van der Waals surface area contributed by atoms with E-state index < -0.39 is 40.2 Å². The Bertz CT molecular complexity index is 820. The highest BCUT2D eigenvalue weighted by atomic mass is 32.2. The third-order valence-corrected chi connectivity index (χ3v) is 9.57. The summed E-state index contributed by atoms with van der Waals surface area (Å²) in [6.07, 6.45) is 4.47. The van der Waals surface area contributed by atoms with E-state index in [0.717, 1.165) is 6.42 Å². The lowest BCUT2D eigenvalue weighted by Crippen LogP contribution is -2.61. The van der Waals surface area contributed by atoms with Gasteiger partial charge in [-0.1, -0.05) is 32.6 Å².